The number of carboxylic acids is 1. The molecular weight excluding hydrogens is 253 g/mol. The third kappa shape index (κ3) is 2.60. The Morgan fingerprint density at radius 2 is 2.11 bits per heavy atom. The first-order valence-corrected chi connectivity index (χ1v) is 5.67. The molecule has 0 aliphatic carbocycles. The van der Waals surface area contributed by atoms with Gasteiger partial charge in [0.25, 0.3) is 0 Å². The maximum atomic E-state index is 13.8. The van der Waals surface area contributed by atoms with Crippen LogP contribution in [-0.2, 0) is 6.54 Å². The number of rotatable bonds is 5. The third-order valence-corrected chi connectivity index (χ3v) is 2.59. The Hall–Kier alpha value is -2.28. The van der Waals surface area contributed by atoms with Crippen LogP contribution >= 0.6 is 0 Å². The Bertz CT molecular complexity index is 598. The summed E-state index contributed by atoms with van der Waals surface area (Å²) in [5, 5.41) is 25.1. The van der Waals surface area contributed by atoms with E-state index in [-0.39, 0.29) is 30.1 Å². The Morgan fingerprint density at radius 1 is 1.37 bits per heavy atom. The van der Waals surface area contributed by atoms with E-state index < -0.39 is 11.8 Å². The van der Waals surface area contributed by atoms with E-state index in [0.29, 0.717) is 6.42 Å². The lowest BCUT2D eigenvalue weighted by Gasteiger charge is -2.07. The number of hydrogen-bond acceptors (Lipinski definition) is 4. The largest absolute Gasteiger partial charge is 0.476 e. The van der Waals surface area contributed by atoms with Gasteiger partial charge in [-0.25, -0.2) is 13.9 Å². The molecule has 0 amide bonds. The Kier molecular flexibility index (Phi) is 3.86. The van der Waals surface area contributed by atoms with E-state index in [4.69, 9.17) is 10.2 Å². The molecule has 7 heteroatoms. The van der Waals surface area contributed by atoms with Crippen LogP contribution in [0.1, 0.15) is 16.9 Å². The molecule has 0 unspecified atom stereocenters. The van der Waals surface area contributed by atoms with Crippen molar-refractivity contribution in [3.63, 3.8) is 0 Å². The van der Waals surface area contributed by atoms with Gasteiger partial charge in [0.2, 0.25) is 0 Å². The molecule has 0 atom stereocenters. The highest BCUT2D eigenvalue weighted by molar-refractivity contribution is 5.92. The number of aryl methyl sites for hydroxylation is 1. The van der Waals surface area contributed by atoms with Gasteiger partial charge < -0.3 is 10.2 Å². The molecule has 1 aromatic carbocycles. The Labute approximate surface area is 108 Å². The average Bonchev–Trinajstić information content (AvgIpc) is 2.80. The predicted octanol–water partition coefficient (Wildman–Crippen LogP) is 1.16. The monoisotopic (exact) mass is 265 g/mol. The van der Waals surface area contributed by atoms with E-state index in [2.05, 4.69) is 10.3 Å². The van der Waals surface area contributed by atoms with Crippen molar-refractivity contribution in [2.45, 2.75) is 13.0 Å². The molecule has 0 aliphatic rings. The normalized spacial score (nSPS) is 10.6. The molecule has 0 radical (unpaired) electrons. The van der Waals surface area contributed by atoms with Gasteiger partial charge in [0.05, 0.1) is 0 Å². The van der Waals surface area contributed by atoms with E-state index >= 15 is 0 Å². The molecule has 2 N–H and O–H groups in total. The fourth-order valence-electron chi connectivity index (χ4n) is 1.75. The number of benzene rings is 1. The van der Waals surface area contributed by atoms with E-state index in [1.54, 1.807) is 6.07 Å². The summed E-state index contributed by atoms with van der Waals surface area (Å²) in [4.78, 5) is 11.1. The van der Waals surface area contributed by atoms with Crippen molar-refractivity contribution in [3.8, 4) is 11.3 Å². The van der Waals surface area contributed by atoms with Crippen LogP contribution in [0.5, 0.6) is 0 Å². The highest BCUT2D eigenvalue weighted by atomic mass is 19.1. The molecule has 1 aromatic heterocycles. The van der Waals surface area contributed by atoms with Gasteiger partial charge in [0.15, 0.2) is 5.69 Å². The van der Waals surface area contributed by atoms with Gasteiger partial charge in [-0.15, -0.1) is 5.10 Å². The van der Waals surface area contributed by atoms with Crippen molar-refractivity contribution < 1.29 is 19.4 Å². The second kappa shape index (κ2) is 5.57. The molecule has 2 aromatic rings. The van der Waals surface area contributed by atoms with E-state index in [0.717, 1.165) is 0 Å². The topological polar surface area (TPSA) is 88.2 Å². The first kappa shape index (κ1) is 13.2. The van der Waals surface area contributed by atoms with Crippen molar-refractivity contribution >= 4 is 5.97 Å². The number of carboxylic acid groups (broad SMARTS) is 1. The number of halogens is 1. The summed E-state index contributed by atoms with van der Waals surface area (Å²) in [7, 11) is 0. The van der Waals surface area contributed by atoms with Gasteiger partial charge in [0, 0.05) is 18.7 Å². The smallest absolute Gasteiger partial charge is 0.358 e. The summed E-state index contributed by atoms with van der Waals surface area (Å²) in [5.74, 6) is -1.81. The minimum absolute atomic E-state index is 0.0705. The maximum absolute atomic E-state index is 13.8. The van der Waals surface area contributed by atoms with Gasteiger partial charge >= 0.3 is 5.97 Å². The van der Waals surface area contributed by atoms with E-state index in [9.17, 15) is 9.18 Å². The molecule has 19 heavy (non-hydrogen) atoms. The van der Waals surface area contributed by atoms with Crippen LogP contribution in [0.15, 0.2) is 24.3 Å². The van der Waals surface area contributed by atoms with Crippen LogP contribution in [0.3, 0.4) is 0 Å². The van der Waals surface area contributed by atoms with Crippen LogP contribution in [0.2, 0.25) is 0 Å². The van der Waals surface area contributed by atoms with Crippen LogP contribution in [-0.4, -0.2) is 37.8 Å². The molecule has 0 saturated heterocycles. The van der Waals surface area contributed by atoms with Gasteiger partial charge in [-0.1, -0.05) is 17.3 Å². The van der Waals surface area contributed by atoms with Crippen molar-refractivity contribution in [2.24, 2.45) is 0 Å². The SMILES string of the molecule is O=C(O)c1nnn(CCCO)c1-c1ccccc1F. The highest BCUT2D eigenvalue weighted by Gasteiger charge is 2.22. The molecule has 0 saturated carbocycles. The standard InChI is InChI=1S/C12H12FN3O3/c13-9-5-2-1-4-8(9)11-10(12(18)19)14-15-16(11)6-3-7-17/h1-2,4-5,17H,3,6-7H2,(H,18,19). The minimum Gasteiger partial charge on any atom is -0.476 e. The lowest BCUT2D eigenvalue weighted by Crippen LogP contribution is -2.07. The molecule has 0 aliphatic heterocycles. The molecule has 100 valence electrons. The zero-order chi connectivity index (χ0) is 13.8. The van der Waals surface area contributed by atoms with E-state index in [1.165, 1.54) is 22.9 Å². The van der Waals surface area contributed by atoms with Gasteiger partial charge in [-0.05, 0) is 18.6 Å². The lowest BCUT2D eigenvalue weighted by molar-refractivity contribution is 0.0691. The average molecular weight is 265 g/mol. The van der Waals surface area contributed by atoms with Crippen LogP contribution in [0.25, 0.3) is 11.3 Å². The summed E-state index contributed by atoms with van der Waals surface area (Å²) in [6, 6.07) is 5.83. The van der Waals surface area contributed by atoms with Crippen molar-refractivity contribution in [1.29, 1.82) is 0 Å². The van der Waals surface area contributed by atoms with Crippen molar-refractivity contribution in [2.75, 3.05) is 6.61 Å². The number of aromatic carboxylic acids is 1. The number of aliphatic hydroxyl groups excluding tert-OH is 1. The summed E-state index contributed by atoms with van der Waals surface area (Å²) in [6.45, 7) is 0.194. The Balaban J connectivity index is 2.55. The van der Waals surface area contributed by atoms with Crippen molar-refractivity contribution in [1.82, 2.24) is 15.0 Å². The third-order valence-electron chi connectivity index (χ3n) is 2.59. The fraction of sp³-hybridized carbons (Fsp3) is 0.250. The molecule has 2 rings (SSSR count). The number of nitrogens with zero attached hydrogens (tertiary/aromatic N) is 3. The zero-order valence-corrected chi connectivity index (χ0v) is 9.95. The summed E-state index contributed by atoms with van der Waals surface area (Å²) < 4.78 is 15.1. The van der Waals surface area contributed by atoms with Gasteiger partial charge in [-0.2, -0.15) is 0 Å². The number of aliphatic hydroxyl groups is 1. The summed E-state index contributed by atoms with van der Waals surface area (Å²) >= 11 is 0. The second-order valence-corrected chi connectivity index (χ2v) is 3.87. The fourth-order valence-corrected chi connectivity index (χ4v) is 1.75. The van der Waals surface area contributed by atoms with Gasteiger partial charge in [0.1, 0.15) is 11.5 Å². The first-order valence-electron chi connectivity index (χ1n) is 5.67. The number of hydrogen-bond donors (Lipinski definition) is 2. The first-order chi connectivity index (χ1) is 9.15. The number of carbonyl (C=O) groups is 1. The predicted molar refractivity (Wildman–Crippen MR) is 64.1 cm³/mol. The molecule has 0 bridgehead atoms. The number of aromatic nitrogens is 3. The zero-order valence-electron chi connectivity index (χ0n) is 9.95. The van der Waals surface area contributed by atoms with Crippen molar-refractivity contribution in [3.05, 3.63) is 35.8 Å². The summed E-state index contributed by atoms with van der Waals surface area (Å²) in [5.41, 5.74) is -0.0649. The molecular formula is C12H12FN3O3. The molecule has 6 nitrogen and oxygen atoms in total. The maximum Gasteiger partial charge on any atom is 0.358 e. The van der Waals surface area contributed by atoms with Crippen LogP contribution in [0.4, 0.5) is 4.39 Å². The summed E-state index contributed by atoms with van der Waals surface area (Å²) in [6.07, 6.45) is 0.379. The lowest BCUT2D eigenvalue weighted by atomic mass is 10.1. The quantitative estimate of drug-likeness (QED) is 0.847. The molecule has 0 fully saturated rings. The molecule has 1 heterocycles. The highest BCUT2D eigenvalue weighted by Crippen LogP contribution is 2.25. The second-order valence-electron chi connectivity index (χ2n) is 3.87. The minimum atomic E-state index is -1.27. The van der Waals surface area contributed by atoms with E-state index in [1.807, 2.05) is 0 Å². The van der Waals surface area contributed by atoms with Gasteiger partial charge in [-0.3, -0.25) is 0 Å². The van der Waals surface area contributed by atoms with Crippen LogP contribution < -0.4 is 0 Å². The van der Waals surface area contributed by atoms with Crippen LogP contribution in [0, 0.1) is 5.82 Å². The Morgan fingerprint density at radius 3 is 2.74 bits per heavy atom. The molecule has 0 spiro atoms.